The standard InChI is InChI=1S/C17H28N2/c1-13(2)16-7-6-14(3)17(9-16)12-19-11-15-5-4-8-18-10-15/h6-7,9,13,15,18-19H,4-5,8,10-12H2,1-3H3. The maximum atomic E-state index is 3.64. The molecule has 1 aliphatic rings. The molecule has 1 unspecified atom stereocenters. The van der Waals surface area contributed by atoms with Gasteiger partial charge in [0.15, 0.2) is 0 Å². The smallest absolute Gasteiger partial charge is 0.0208 e. The molecule has 1 heterocycles. The largest absolute Gasteiger partial charge is 0.316 e. The van der Waals surface area contributed by atoms with Crippen LogP contribution in [0.5, 0.6) is 0 Å². The SMILES string of the molecule is Cc1ccc(C(C)C)cc1CNCC1CCCNC1. The lowest BCUT2D eigenvalue weighted by Gasteiger charge is -2.23. The molecular formula is C17H28N2. The number of nitrogens with one attached hydrogen (secondary N) is 2. The van der Waals surface area contributed by atoms with Crippen molar-refractivity contribution in [2.75, 3.05) is 19.6 Å². The van der Waals surface area contributed by atoms with Crippen LogP contribution in [0.2, 0.25) is 0 Å². The van der Waals surface area contributed by atoms with E-state index in [0.29, 0.717) is 5.92 Å². The fraction of sp³-hybridized carbons (Fsp3) is 0.647. The lowest BCUT2D eigenvalue weighted by molar-refractivity contribution is 0.360. The molecule has 0 bridgehead atoms. The van der Waals surface area contributed by atoms with Crippen LogP contribution in [0.1, 0.15) is 49.3 Å². The molecule has 1 atom stereocenters. The van der Waals surface area contributed by atoms with Gasteiger partial charge in [-0.25, -0.2) is 0 Å². The molecule has 2 nitrogen and oxygen atoms in total. The van der Waals surface area contributed by atoms with Crippen LogP contribution in [0.25, 0.3) is 0 Å². The van der Waals surface area contributed by atoms with Crippen molar-refractivity contribution in [3.8, 4) is 0 Å². The molecule has 1 fully saturated rings. The minimum absolute atomic E-state index is 0.613. The second-order valence-electron chi connectivity index (χ2n) is 6.18. The van der Waals surface area contributed by atoms with E-state index in [0.717, 1.165) is 19.0 Å². The number of benzene rings is 1. The highest BCUT2D eigenvalue weighted by Gasteiger charge is 2.12. The quantitative estimate of drug-likeness (QED) is 0.849. The van der Waals surface area contributed by atoms with E-state index in [-0.39, 0.29) is 0 Å². The highest BCUT2D eigenvalue weighted by Crippen LogP contribution is 2.18. The van der Waals surface area contributed by atoms with E-state index < -0.39 is 0 Å². The molecular weight excluding hydrogens is 232 g/mol. The summed E-state index contributed by atoms with van der Waals surface area (Å²) < 4.78 is 0. The normalized spacial score (nSPS) is 19.9. The first-order valence-electron chi connectivity index (χ1n) is 7.67. The van der Waals surface area contributed by atoms with Gasteiger partial charge in [-0.05, 0) is 67.9 Å². The van der Waals surface area contributed by atoms with Gasteiger partial charge >= 0.3 is 0 Å². The Balaban J connectivity index is 1.86. The van der Waals surface area contributed by atoms with E-state index in [2.05, 4.69) is 49.6 Å². The average Bonchev–Trinajstić information content (AvgIpc) is 2.42. The zero-order valence-electron chi connectivity index (χ0n) is 12.6. The minimum Gasteiger partial charge on any atom is -0.316 e. The van der Waals surface area contributed by atoms with E-state index in [1.807, 2.05) is 0 Å². The van der Waals surface area contributed by atoms with Gasteiger partial charge in [0.05, 0.1) is 0 Å². The molecule has 2 heteroatoms. The van der Waals surface area contributed by atoms with E-state index in [9.17, 15) is 0 Å². The summed E-state index contributed by atoms with van der Waals surface area (Å²) in [5.74, 6) is 1.42. The van der Waals surface area contributed by atoms with Gasteiger partial charge in [-0.1, -0.05) is 32.0 Å². The van der Waals surface area contributed by atoms with Gasteiger partial charge < -0.3 is 10.6 Å². The molecule has 2 rings (SSSR count). The predicted molar refractivity (Wildman–Crippen MR) is 82.6 cm³/mol. The van der Waals surface area contributed by atoms with Crippen LogP contribution in [0.15, 0.2) is 18.2 Å². The Hall–Kier alpha value is -0.860. The van der Waals surface area contributed by atoms with Gasteiger partial charge in [0.1, 0.15) is 0 Å². The molecule has 0 radical (unpaired) electrons. The lowest BCUT2D eigenvalue weighted by Crippen LogP contribution is -2.35. The van der Waals surface area contributed by atoms with Crippen LogP contribution in [-0.2, 0) is 6.54 Å². The monoisotopic (exact) mass is 260 g/mol. The second kappa shape index (κ2) is 7.06. The Labute approximate surface area is 118 Å². The zero-order chi connectivity index (χ0) is 13.7. The van der Waals surface area contributed by atoms with Crippen LogP contribution in [0.4, 0.5) is 0 Å². The maximum Gasteiger partial charge on any atom is 0.0208 e. The summed E-state index contributed by atoms with van der Waals surface area (Å²) in [7, 11) is 0. The Kier molecular flexibility index (Phi) is 5.41. The van der Waals surface area contributed by atoms with Crippen LogP contribution >= 0.6 is 0 Å². The van der Waals surface area contributed by atoms with Crippen molar-refractivity contribution >= 4 is 0 Å². The summed E-state index contributed by atoms with van der Waals surface area (Å²) in [6.07, 6.45) is 2.69. The van der Waals surface area contributed by atoms with Crippen LogP contribution in [0.3, 0.4) is 0 Å². The first-order valence-corrected chi connectivity index (χ1v) is 7.67. The predicted octanol–water partition coefficient (Wildman–Crippen LogP) is 3.21. The molecule has 1 aliphatic heterocycles. The minimum atomic E-state index is 0.613. The zero-order valence-corrected chi connectivity index (χ0v) is 12.6. The molecule has 0 saturated carbocycles. The van der Waals surface area contributed by atoms with Crippen LogP contribution in [0, 0.1) is 12.8 Å². The van der Waals surface area contributed by atoms with Crippen molar-refractivity contribution in [3.63, 3.8) is 0 Å². The number of piperidine rings is 1. The fourth-order valence-corrected chi connectivity index (χ4v) is 2.75. The van der Waals surface area contributed by atoms with Gasteiger partial charge in [0.2, 0.25) is 0 Å². The van der Waals surface area contributed by atoms with E-state index in [4.69, 9.17) is 0 Å². The third-order valence-corrected chi connectivity index (χ3v) is 4.19. The maximum absolute atomic E-state index is 3.64. The van der Waals surface area contributed by atoms with E-state index in [1.54, 1.807) is 0 Å². The molecule has 2 N–H and O–H groups in total. The molecule has 1 saturated heterocycles. The fourth-order valence-electron chi connectivity index (χ4n) is 2.75. The van der Waals surface area contributed by atoms with Crippen LogP contribution < -0.4 is 10.6 Å². The molecule has 1 aromatic carbocycles. The third-order valence-electron chi connectivity index (χ3n) is 4.19. The molecule has 1 aromatic rings. The lowest BCUT2D eigenvalue weighted by atomic mass is 9.97. The van der Waals surface area contributed by atoms with Crippen molar-refractivity contribution in [1.82, 2.24) is 10.6 Å². The first-order chi connectivity index (χ1) is 9.16. The molecule has 0 aliphatic carbocycles. The molecule has 19 heavy (non-hydrogen) atoms. The van der Waals surface area contributed by atoms with Gasteiger partial charge in [-0.2, -0.15) is 0 Å². The third kappa shape index (κ3) is 4.32. The van der Waals surface area contributed by atoms with Crippen molar-refractivity contribution in [2.24, 2.45) is 5.92 Å². The summed E-state index contributed by atoms with van der Waals surface area (Å²) in [5.41, 5.74) is 4.30. The summed E-state index contributed by atoms with van der Waals surface area (Å²) in [6, 6.07) is 6.88. The Morgan fingerprint density at radius 1 is 1.37 bits per heavy atom. The highest BCUT2D eigenvalue weighted by molar-refractivity contribution is 5.32. The van der Waals surface area contributed by atoms with E-state index in [1.165, 1.54) is 42.6 Å². The summed E-state index contributed by atoms with van der Waals surface area (Å²) >= 11 is 0. The molecule has 0 spiro atoms. The average molecular weight is 260 g/mol. The van der Waals surface area contributed by atoms with Gasteiger partial charge in [-0.3, -0.25) is 0 Å². The summed E-state index contributed by atoms with van der Waals surface area (Å²) in [4.78, 5) is 0. The van der Waals surface area contributed by atoms with E-state index >= 15 is 0 Å². The summed E-state index contributed by atoms with van der Waals surface area (Å²) in [6.45, 7) is 11.2. The molecule has 106 valence electrons. The van der Waals surface area contributed by atoms with Gasteiger partial charge in [0, 0.05) is 6.54 Å². The topological polar surface area (TPSA) is 24.1 Å². The van der Waals surface area contributed by atoms with Crippen molar-refractivity contribution in [3.05, 3.63) is 34.9 Å². The number of hydrogen-bond acceptors (Lipinski definition) is 2. The Morgan fingerprint density at radius 2 is 2.21 bits per heavy atom. The number of hydrogen-bond donors (Lipinski definition) is 2. The van der Waals surface area contributed by atoms with Crippen molar-refractivity contribution < 1.29 is 0 Å². The Bertz CT molecular complexity index is 392. The summed E-state index contributed by atoms with van der Waals surface area (Å²) in [5, 5.41) is 7.12. The number of aryl methyl sites for hydroxylation is 1. The van der Waals surface area contributed by atoms with Crippen LogP contribution in [-0.4, -0.2) is 19.6 Å². The first kappa shape index (κ1) is 14.5. The van der Waals surface area contributed by atoms with Crippen molar-refractivity contribution in [1.29, 1.82) is 0 Å². The van der Waals surface area contributed by atoms with Crippen molar-refractivity contribution in [2.45, 2.75) is 46.1 Å². The number of rotatable bonds is 5. The second-order valence-corrected chi connectivity index (χ2v) is 6.18. The molecule has 0 amide bonds. The van der Waals surface area contributed by atoms with Gasteiger partial charge in [-0.15, -0.1) is 0 Å². The Morgan fingerprint density at radius 3 is 2.89 bits per heavy atom. The molecule has 0 aromatic heterocycles. The van der Waals surface area contributed by atoms with Gasteiger partial charge in [0.25, 0.3) is 0 Å². The highest BCUT2D eigenvalue weighted by atomic mass is 14.9.